The van der Waals surface area contributed by atoms with E-state index in [0.29, 0.717) is 18.0 Å². The van der Waals surface area contributed by atoms with Gasteiger partial charge in [-0.15, -0.1) is 0 Å². The molecule has 1 fully saturated rings. The van der Waals surface area contributed by atoms with Gasteiger partial charge >= 0.3 is 0 Å². The zero-order valence-corrected chi connectivity index (χ0v) is 14.1. The predicted molar refractivity (Wildman–Crippen MR) is 93.2 cm³/mol. The van der Waals surface area contributed by atoms with Crippen LogP contribution in [-0.2, 0) is 9.53 Å². The van der Waals surface area contributed by atoms with Crippen LogP contribution in [0.1, 0.15) is 11.7 Å². The van der Waals surface area contributed by atoms with Crippen LogP contribution in [-0.4, -0.2) is 44.2 Å². The highest BCUT2D eigenvalue weighted by atomic mass is 19.1. The van der Waals surface area contributed by atoms with Crippen LogP contribution < -0.4 is 10.1 Å². The normalized spacial score (nSPS) is 17.9. The quantitative estimate of drug-likeness (QED) is 0.906. The number of anilines is 1. The zero-order valence-electron chi connectivity index (χ0n) is 14.1. The summed E-state index contributed by atoms with van der Waals surface area (Å²) >= 11 is 0. The molecule has 1 saturated heterocycles. The molecule has 3 rings (SSSR count). The lowest BCUT2D eigenvalue weighted by Gasteiger charge is -2.30. The molecule has 0 spiro atoms. The first-order valence-corrected chi connectivity index (χ1v) is 8.18. The molecule has 1 heterocycles. The van der Waals surface area contributed by atoms with Gasteiger partial charge in [-0.05, 0) is 36.9 Å². The van der Waals surface area contributed by atoms with E-state index in [1.807, 2.05) is 24.3 Å². The number of morpholine rings is 1. The monoisotopic (exact) mass is 344 g/mol. The predicted octanol–water partition coefficient (Wildman–Crippen LogP) is 2.85. The maximum absolute atomic E-state index is 13.1. The lowest BCUT2D eigenvalue weighted by molar-refractivity contribution is -0.118. The van der Waals surface area contributed by atoms with E-state index in [0.717, 1.165) is 18.7 Å². The van der Waals surface area contributed by atoms with Gasteiger partial charge < -0.3 is 19.7 Å². The van der Waals surface area contributed by atoms with Gasteiger partial charge in [0.05, 0.1) is 12.7 Å². The van der Waals surface area contributed by atoms with E-state index in [1.54, 1.807) is 6.07 Å². The maximum atomic E-state index is 13.1. The third-order valence-corrected chi connectivity index (χ3v) is 3.98. The molecule has 2 aromatic carbocycles. The number of rotatable bonds is 5. The van der Waals surface area contributed by atoms with Crippen molar-refractivity contribution in [1.29, 1.82) is 0 Å². The summed E-state index contributed by atoms with van der Waals surface area (Å²) in [6.07, 6.45) is -0.000791. The topological polar surface area (TPSA) is 50.8 Å². The highest BCUT2D eigenvalue weighted by molar-refractivity contribution is 5.91. The van der Waals surface area contributed by atoms with Gasteiger partial charge in [-0.1, -0.05) is 18.2 Å². The Morgan fingerprint density at radius 3 is 2.96 bits per heavy atom. The molecule has 1 unspecified atom stereocenters. The Balaban J connectivity index is 1.57. The minimum absolute atomic E-state index is 0.000791. The van der Waals surface area contributed by atoms with Crippen molar-refractivity contribution in [2.45, 2.75) is 6.10 Å². The first kappa shape index (κ1) is 17.4. The number of carbonyl (C=O) groups excluding carboxylic acids is 1. The molecule has 0 radical (unpaired) electrons. The Morgan fingerprint density at radius 1 is 1.32 bits per heavy atom. The van der Waals surface area contributed by atoms with Crippen molar-refractivity contribution in [2.75, 3.05) is 38.7 Å². The van der Waals surface area contributed by atoms with E-state index < -0.39 is 5.82 Å². The van der Waals surface area contributed by atoms with Crippen molar-refractivity contribution >= 4 is 11.6 Å². The second-order valence-electron chi connectivity index (χ2n) is 6.04. The first-order valence-electron chi connectivity index (χ1n) is 8.18. The van der Waals surface area contributed by atoms with E-state index in [9.17, 15) is 9.18 Å². The van der Waals surface area contributed by atoms with Crippen molar-refractivity contribution in [2.24, 2.45) is 0 Å². The number of halogens is 1. The van der Waals surface area contributed by atoms with Crippen LogP contribution >= 0.6 is 0 Å². The second kappa shape index (κ2) is 8.09. The van der Waals surface area contributed by atoms with E-state index in [-0.39, 0.29) is 18.6 Å². The molecule has 1 aliphatic heterocycles. The van der Waals surface area contributed by atoms with E-state index in [2.05, 4.69) is 17.3 Å². The van der Waals surface area contributed by atoms with Gasteiger partial charge in [0.2, 0.25) is 0 Å². The largest absolute Gasteiger partial charge is 0.484 e. The van der Waals surface area contributed by atoms with Crippen molar-refractivity contribution in [1.82, 2.24) is 4.90 Å². The molecule has 0 aromatic heterocycles. The van der Waals surface area contributed by atoms with Crippen LogP contribution in [0.25, 0.3) is 0 Å². The number of hydrogen-bond acceptors (Lipinski definition) is 4. The third-order valence-electron chi connectivity index (χ3n) is 3.98. The molecule has 2 aromatic rings. The summed E-state index contributed by atoms with van der Waals surface area (Å²) in [5.74, 6) is -0.381. The van der Waals surface area contributed by atoms with Crippen molar-refractivity contribution in [3.8, 4) is 5.75 Å². The maximum Gasteiger partial charge on any atom is 0.262 e. The molecule has 1 aliphatic rings. The number of nitrogens with one attached hydrogen (secondary N) is 1. The van der Waals surface area contributed by atoms with Crippen LogP contribution in [0.15, 0.2) is 48.5 Å². The number of likely N-dealkylation sites (N-methyl/N-ethyl adjacent to an activating group) is 1. The number of benzene rings is 2. The summed E-state index contributed by atoms with van der Waals surface area (Å²) in [4.78, 5) is 14.3. The average molecular weight is 344 g/mol. The highest BCUT2D eigenvalue weighted by Gasteiger charge is 2.19. The molecule has 5 nitrogen and oxygen atoms in total. The highest BCUT2D eigenvalue weighted by Crippen LogP contribution is 2.24. The van der Waals surface area contributed by atoms with Gasteiger partial charge in [-0.25, -0.2) is 4.39 Å². The fourth-order valence-corrected chi connectivity index (χ4v) is 2.70. The molecule has 1 amide bonds. The lowest BCUT2D eigenvalue weighted by Crippen LogP contribution is -2.35. The second-order valence-corrected chi connectivity index (χ2v) is 6.04. The fraction of sp³-hybridized carbons (Fsp3) is 0.316. The van der Waals surface area contributed by atoms with Gasteiger partial charge in [-0.2, -0.15) is 0 Å². The smallest absolute Gasteiger partial charge is 0.262 e. The Hall–Kier alpha value is -2.44. The number of carbonyl (C=O) groups is 1. The molecule has 6 heteroatoms. The minimum atomic E-state index is -0.400. The molecule has 25 heavy (non-hydrogen) atoms. The summed E-state index contributed by atoms with van der Waals surface area (Å²) in [5, 5.41) is 2.79. The first-order chi connectivity index (χ1) is 12.1. The summed E-state index contributed by atoms with van der Waals surface area (Å²) in [6, 6.07) is 13.3. The molecule has 132 valence electrons. The standard InChI is InChI=1S/C19H21FN2O3/c1-22-8-9-24-18(12-22)14-4-2-6-16(10-14)21-19(23)13-25-17-7-3-5-15(20)11-17/h2-7,10-11,18H,8-9,12-13H2,1H3,(H,21,23). The van der Waals surface area contributed by atoms with Crippen molar-refractivity contribution in [3.05, 3.63) is 59.9 Å². The van der Waals surface area contributed by atoms with Crippen molar-refractivity contribution in [3.63, 3.8) is 0 Å². The molecule has 1 atom stereocenters. The molecule has 0 bridgehead atoms. The van der Waals surface area contributed by atoms with Gasteiger partial charge in [0, 0.05) is 24.8 Å². The lowest BCUT2D eigenvalue weighted by atomic mass is 10.1. The molecular formula is C19H21FN2O3. The van der Waals surface area contributed by atoms with Crippen LogP contribution in [0.2, 0.25) is 0 Å². The Morgan fingerprint density at radius 2 is 2.16 bits per heavy atom. The molecule has 0 saturated carbocycles. The molecule has 0 aliphatic carbocycles. The number of hydrogen-bond donors (Lipinski definition) is 1. The summed E-state index contributed by atoms with van der Waals surface area (Å²) in [6.45, 7) is 2.25. The van der Waals surface area contributed by atoms with Crippen molar-refractivity contribution < 1.29 is 18.7 Å². The zero-order chi connectivity index (χ0) is 17.6. The van der Waals surface area contributed by atoms with Gasteiger partial charge in [0.1, 0.15) is 11.6 Å². The van der Waals surface area contributed by atoms with E-state index >= 15 is 0 Å². The third kappa shape index (κ3) is 5.01. The minimum Gasteiger partial charge on any atom is -0.484 e. The average Bonchev–Trinajstić information content (AvgIpc) is 2.60. The molecular weight excluding hydrogens is 323 g/mol. The number of nitrogens with zero attached hydrogens (tertiary/aromatic N) is 1. The van der Waals surface area contributed by atoms with E-state index in [4.69, 9.17) is 9.47 Å². The summed E-state index contributed by atoms with van der Waals surface area (Å²) in [7, 11) is 2.06. The molecule has 1 N–H and O–H groups in total. The fourth-order valence-electron chi connectivity index (χ4n) is 2.70. The van der Waals surface area contributed by atoms with Crippen LogP contribution in [0.3, 0.4) is 0 Å². The Labute approximate surface area is 146 Å². The Bertz CT molecular complexity index is 738. The number of amides is 1. The van der Waals surface area contributed by atoms with Crippen LogP contribution in [0.5, 0.6) is 5.75 Å². The van der Waals surface area contributed by atoms with Gasteiger partial charge in [0.15, 0.2) is 6.61 Å². The SMILES string of the molecule is CN1CCOC(c2cccc(NC(=O)COc3cccc(F)c3)c2)C1. The number of ether oxygens (including phenoxy) is 2. The summed E-state index contributed by atoms with van der Waals surface area (Å²) < 4.78 is 24.2. The van der Waals surface area contributed by atoms with Crippen LogP contribution in [0.4, 0.5) is 10.1 Å². The van der Waals surface area contributed by atoms with E-state index in [1.165, 1.54) is 18.2 Å². The Kier molecular flexibility index (Phi) is 5.63. The van der Waals surface area contributed by atoms with Crippen LogP contribution in [0, 0.1) is 5.82 Å². The summed E-state index contributed by atoms with van der Waals surface area (Å²) in [5.41, 5.74) is 1.71. The van der Waals surface area contributed by atoms with Gasteiger partial charge in [0.25, 0.3) is 5.91 Å². The van der Waals surface area contributed by atoms with Gasteiger partial charge in [-0.3, -0.25) is 4.79 Å².